The fourth-order valence-corrected chi connectivity index (χ4v) is 2.65. The standard InChI is InChI=1S/C19H22O5/c1-21-15-9-13(10-16(11-15)22-2)5-7-17-14(12-20)6-8-18(23-3)19(17)24-4/h6,8-12H,5,7H2,1-4H3. The van der Waals surface area contributed by atoms with Gasteiger partial charge in [-0.25, -0.2) is 0 Å². The summed E-state index contributed by atoms with van der Waals surface area (Å²) in [4.78, 5) is 11.4. The Labute approximate surface area is 142 Å². The molecule has 2 aromatic carbocycles. The fourth-order valence-electron chi connectivity index (χ4n) is 2.65. The minimum absolute atomic E-state index is 0.594. The monoisotopic (exact) mass is 330 g/mol. The van der Waals surface area contributed by atoms with Gasteiger partial charge in [-0.05, 0) is 42.7 Å². The Morgan fingerprint density at radius 1 is 0.833 bits per heavy atom. The molecule has 2 aromatic rings. The van der Waals surface area contributed by atoms with E-state index in [1.807, 2.05) is 18.2 Å². The second-order valence-corrected chi connectivity index (χ2v) is 5.21. The van der Waals surface area contributed by atoms with Crippen LogP contribution in [-0.2, 0) is 12.8 Å². The number of carbonyl (C=O) groups excluding carboxylic acids is 1. The second-order valence-electron chi connectivity index (χ2n) is 5.21. The van der Waals surface area contributed by atoms with Crippen LogP contribution in [0.1, 0.15) is 21.5 Å². The second kappa shape index (κ2) is 8.24. The lowest BCUT2D eigenvalue weighted by molar-refractivity contribution is 0.112. The predicted molar refractivity (Wildman–Crippen MR) is 91.9 cm³/mol. The molecule has 0 saturated carbocycles. The van der Waals surface area contributed by atoms with Gasteiger partial charge in [-0.1, -0.05) is 0 Å². The molecule has 0 aliphatic carbocycles. The first-order chi connectivity index (χ1) is 11.7. The van der Waals surface area contributed by atoms with Crippen molar-refractivity contribution in [3.63, 3.8) is 0 Å². The van der Waals surface area contributed by atoms with E-state index in [4.69, 9.17) is 18.9 Å². The van der Waals surface area contributed by atoms with Gasteiger partial charge >= 0.3 is 0 Å². The smallest absolute Gasteiger partial charge is 0.164 e. The highest BCUT2D eigenvalue weighted by Gasteiger charge is 2.15. The number of methoxy groups -OCH3 is 4. The van der Waals surface area contributed by atoms with Crippen LogP contribution in [-0.4, -0.2) is 34.7 Å². The minimum Gasteiger partial charge on any atom is -0.497 e. The highest BCUT2D eigenvalue weighted by molar-refractivity contribution is 5.80. The first kappa shape index (κ1) is 17.7. The van der Waals surface area contributed by atoms with Gasteiger partial charge < -0.3 is 18.9 Å². The van der Waals surface area contributed by atoms with Gasteiger partial charge in [-0.2, -0.15) is 0 Å². The SMILES string of the molecule is COc1cc(CCc2c(C=O)ccc(OC)c2OC)cc(OC)c1. The summed E-state index contributed by atoms with van der Waals surface area (Å²) >= 11 is 0. The lowest BCUT2D eigenvalue weighted by atomic mass is 9.98. The third kappa shape index (κ3) is 3.79. The molecule has 5 nitrogen and oxygen atoms in total. The molecule has 5 heteroatoms. The average molecular weight is 330 g/mol. The van der Waals surface area contributed by atoms with Gasteiger partial charge in [0.1, 0.15) is 17.8 Å². The van der Waals surface area contributed by atoms with E-state index >= 15 is 0 Å². The van der Waals surface area contributed by atoms with E-state index in [1.54, 1.807) is 40.6 Å². The number of carbonyl (C=O) groups is 1. The third-order valence-corrected chi connectivity index (χ3v) is 3.89. The lowest BCUT2D eigenvalue weighted by Crippen LogP contribution is -2.03. The van der Waals surface area contributed by atoms with Crippen molar-refractivity contribution >= 4 is 6.29 Å². The highest BCUT2D eigenvalue weighted by atomic mass is 16.5. The average Bonchev–Trinajstić information content (AvgIpc) is 2.64. The van der Waals surface area contributed by atoms with E-state index in [0.29, 0.717) is 29.9 Å². The van der Waals surface area contributed by atoms with E-state index in [2.05, 4.69) is 0 Å². The number of rotatable bonds is 8. The lowest BCUT2D eigenvalue weighted by Gasteiger charge is -2.15. The predicted octanol–water partition coefficient (Wildman–Crippen LogP) is 3.32. The molecule has 0 aliphatic heterocycles. The van der Waals surface area contributed by atoms with Gasteiger partial charge in [0.2, 0.25) is 0 Å². The number of hydrogen-bond acceptors (Lipinski definition) is 5. The number of aldehydes is 1. The van der Waals surface area contributed by atoms with Crippen molar-refractivity contribution in [3.8, 4) is 23.0 Å². The van der Waals surface area contributed by atoms with E-state index in [-0.39, 0.29) is 0 Å². The van der Waals surface area contributed by atoms with Crippen molar-refractivity contribution in [2.75, 3.05) is 28.4 Å². The van der Waals surface area contributed by atoms with Gasteiger partial charge in [-0.15, -0.1) is 0 Å². The van der Waals surface area contributed by atoms with Crippen molar-refractivity contribution in [1.82, 2.24) is 0 Å². The van der Waals surface area contributed by atoms with E-state index in [0.717, 1.165) is 28.9 Å². The van der Waals surface area contributed by atoms with Crippen molar-refractivity contribution in [2.24, 2.45) is 0 Å². The topological polar surface area (TPSA) is 54.0 Å². The van der Waals surface area contributed by atoms with Gasteiger partial charge in [0.15, 0.2) is 11.5 Å². The molecule has 0 atom stereocenters. The van der Waals surface area contributed by atoms with Crippen LogP contribution in [0.3, 0.4) is 0 Å². The summed E-state index contributed by atoms with van der Waals surface area (Å²) in [7, 11) is 6.39. The molecule has 0 aliphatic rings. The Hall–Kier alpha value is -2.69. The summed E-state index contributed by atoms with van der Waals surface area (Å²) in [5, 5.41) is 0. The molecule has 0 heterocycles. The normalized spacial score (nSPS) is 10.2. The minimum atomic E-state index is 0.594. The van der Waals surface area contributed by atoms with E-state index < -0.39 is 0 Å². The van der Waals surface area contributed by atoms with Gasteiger partial charge in [0, 0.05) is 17.2 Å². The Kier molecular flexibility index (Phi) is 6.07. The number of ether oxygens (including phenoxy) is 4. The molecule has 0 fully saturated rings. The van der Waals surface area contributed by atoms with Crippen molar-refractivity contribution in [2.45, 2.75) is 12.8 Å². The van der Waals surface area contributed by atoms with E-state index in [1.165, 1.54) is 0 Å². The van der Waals surface area contributed by atoms with Crippen LogP contribution >= 0.6 is 0 Å². The summed E-state index contributed by atoms with van der Waals surface area (Å²) < 4.78 is 21.4. The van der Waals surface area contributed by atoms with Crippen LogP contribution in [0.4, 0.5) is 0 Å². The maximum absolute atomic E-state index is 11.4. The summed E-state index contributed by atoms with van der Waals surface area (Å²) in [5.41, 5.74) is 2.48. The molecular weight excluding hydrogens is 308 g/mol. The molecule has 0 radical (unpaired) electrons. The molecule has 0 bridgehead atoms. The Balaban J connectivity index is 2.33. The largest absolute Gasteiger partial charge is 0.497 e. The molecule has 2 rings (SSSR count). The molecule has 0 saturated heterocycles. The molecule has 0 amide bonds. The maximum Gasteiger partial charge on any atom is 0.164 e. The summed E-state index contributed by atoms with van der Waals surface area (Å²) in [6, 6.07) is 9.22. The number of aryl methyl sites for hydroxylation is 1. The Morgan fingerprint density at radius 3 is 2.00 bits per heavy atom. The van der Waals surface area contributed by atoms with Crippen LogP contribution in [0.25, 0.3) is 0 Å². The molecule has 128 valence electrons. The van der Waals surface area contributed by atoms with Gasteiger partial charge in [0.05, 0.1) is 28.4 Å². The van der Waals surface area contributed by atoms with Crippen molar-refractivity contribution in [3.05, 3.63) is 47.0 Å². The Bertz CT molecular complexity index is 687. The summed E-state index contributed by atoms with van der Waals surface area (Å²) in [6.07, 6.45) is 2.17. The van der Waals surface area contributed by atoms with Crippen LogP contribution in [0.5, 0.6) is 23.0 Å². The van der Waals surface area contributed by atoms with Gasteiger partial charge in [0.25, 0.3) is 0 Å². The van der Waals surface area contributed by atoms with Crippen LogP contribution in [0.15, 0.2) is 30.3 Å². The molecular formula is C19H22O5. The first-order valence-electron chi connectivity index (χ1n) is 7.57. The molecule has 0 N–H and O–H groups in total. The Morgan fingerprint density at radius 2 is 1.50 bits per heavy atom. The molecule has 0 spiro atoms. The molecule has 0 unspecified atom stereocenters. The first-order valence-corrected chi connectivity index (χ1v) is 7.57. The number of hydrogen-bond donors (Lipinski definition) is 0. The zero-order valence-electron chi connectivity index (χ0n) is 14.4. The zero-order valence-corrected chi connectivity index (χ0v) is 14.4. The highest BCUT2D eigenvalue weighted by Crippen LogP contribution is 2.34. The van der Waals surface area contributed by atoms with Crippen molar-refractivity contribution < 1.29 is 23.7 Å². The summed E-state index contributed by atoms with van der Waals surface area (Å²) in [5.74, 6) is 2.67. The maximum atomic E-state index is 11.4. The molecule has 0 aromatic heterocycles. The third-order valence-electron chi connectivity index (χ3n) is 3.89. The number of benzene rings is 2. The van der Waals surface area contributed by atoms with Crippen LogP contribution in [0, 0.1) is 0 Å². The molecule has 24 heavy (non-hydrogen) atoms. The van der Waals surface area contributed by atoms with Crippen molar-refractivity contribution in [1.29, 1.82) is 0 Å². The quantitative estimate of drug-likeness (QED) is 0.695. The van der Waals surface area contributed by atoms with Crippen LogP contribution < -0.4 is 18.9 Å². The van der Waals surface area contributed by atoms with Gasteiger partial charge in [-0.3, -0.25) is 4.79 Å². The zero-order chi connectivity index (χ0) is 17.5. The fraction of sp³-hybridized carbons (Fsp3) is 0.316. The van der Waals surface area contributed by atoms with Crippen LogP contribution in [0.2, 0.25) is 0 Å². The van der Waals surface area contributed by atoms with E-state index in [9.17, 15) is 4.79 Å². The summed E-state index contributed by atoms with van der Waals surface area (Å²) in [6.45, 7) is 0.